The van der Waals surface area contributed by atoms with E-state index >= 15 is 0 Å². The van der Waals surface area contributed by atoms with Crippen LogP contribution in [0, 0.1) is 0 Å². The maximum absolute atomic E-state index is 12.4. The number of carbonyl (C=O) groups excluding carboxylic acids is 1. The maximum Gasteiger partial charge on any atom is 0.272 e. The number of rotatable bonds is 6. The number of aromatic nitrogens is 1. The summed E-state index contributed by atoms with van der Waals surface area (Å²) in [6, 6.07) is 3.79. The fourth-order valence-corrected chi connectivity index (χ4v) is 2.69. The van der Waals surface area contributed by atoms with Crippen molar-refractivity contribution in [1.82, 2.24) is 14.8 Å². The predicted octanol–water partition coefficient (Wildman–Crippen LogP) is 2.46. The molecule has 1 amide bonds. The first-order valence-electron chi connectivity index (χ1n) is 8.31. The van der Waals surface area contributed by atoms with Crippen LogP contribution in [-0.2, 0) is 0 Å². The van der Waals surface area contributed by atoms with E-state index in [0.717, 1.165) is 51.1 Å². The molecule has 0 radical (unpaired) electrons. The molecule has 2 heterocycles. The van der Waals surface area contributed by atoms with Crippen molar-refractivity contribution in [3.8, 4) is 0 Å². The number of amides is 1. The zero-order valence-electron chi connectivity index (χ0n) is 13.8. The molecule has 0 spiro atoms. The average molecular weight is 304 g/mol. The maximum atomic E-state index is 12.4. The van der Waals surface area contributed by atoms with Crippen LogP contribution < -0.4 is 5.32 Å². The minimum atomic E-state index is 0.0704. The Labute approximate surface area is 133 Å². The minimum Gasteiger partial charge on any atom is -0.384 e. The highest BCUT2D eigenvalue weighted by molar-refractivity contribution is 5.92. The first-order chi connectivity index (χ1) is 10.7. The van der Waals surface area contributed by atoms with Crippen LogP contribution in [0.1, 0.15) is 42.6 Å². The van der Waals surface area contributed by atoms with Crippen molar-refractivity contribution in [3.05, 3.63) is 24.0 Å². The molecular formula is C17H28N4O. The second-order valence-electron chi connectivity index (χ2n) is 6.22. The molecule has 122 valence electrons. The summed E-state index contributed by atoms with van der Waals surface area (Å²) < 4.78 is 0. The molecule has 0 aromatic carbocycles. The van der Waals surface area contributed by atoms with Gasteiger partial charge < -0.3 is 15.1 Å². The zero-order valence-corrected chi connectivity index (χ0v) is 13.8. The van der Waals surface area contributed by atoms with Gasteiger partial charge in [0.15, 0.2) is 0 Å². The van der Waals surface area contributed by atoms with Crippen LogP contribution >= 0.6 is 0 Å². The Morgan fingerprint density at radius 2 is 1.95 bits per heavy atom. The lowest BCUT2D eigenvalue weighted by atomic mass is 10.2. The molecule has 1 saturated heterocycles. The number of likely N-dealkylation sites (tertiary alicyclic amines) is 1. The standard InChI is InChI=1S/C17H28N4O/c1-20(2)11-7-10-18-15-8-9-16(19-14-15)17(22)21-12-5-3-4-6-13-21/h8-9,14,18H,3-7,10-13H2,1-2H3. The van der Waals surface area contributed by atoms with Gasteiger partial charge in [0.25, 0.3) is 5.91 Å². The third kappa shape index (κ3) is 5.30. The molecule has 1 aromatic heterocycles. The SMILES string of the molecule is CN(C)CCCNc1ccc(C(=O)N2CCCCCC2)nc1. The molecule has 1 N–H and O–H groups in total. The molecule has 0 saturated carbocycles. The van der Waals surface area contributed by atoms with Gasteiger partial charge in [-0.3, -0.25) is 4.79 Å². The molecule has 22 heavy (non-hydrogen) atoms. The van der Waals surface area contributed by atoms with E-state index in [1.165, 1.54) is 12.8 Å². The first-order valence-corrected chi connectivity index (χ1v) is 8.31. The molecule has 0 unspecified atom stereocenters. The van der Waals surface area contributed by atoms with E-state index in [1.807, 2.05) is 17.0 Å². The number of pyridine rings is 1. The van der Waals surface area contributed by atoms with E-state index in [2.05, 4.69) is 29.3 Å². The highest BCUT2D eigenvalue weighted by atomic mass is 16.2. The summed E-state index contributed by atoms with van der Waals surface area (Å²) >= 11 is 0. The Kier molecular flexibility index (Phi) is 6.65. The van der Waals surface area contributed by atoms with Crippen LogP contribution in [0.4, 0.5) is 5.69 Å². The van der Waals surface area contributed by atoms with Crippen molar-refractivity contribution in [2.24, 2.45) is 0 Å². The fourth-order valence-electron chi connectivity index (χ4n) is 2.69. The van der Waals surface area contributed by atoms with Gasteiger partial charge in [0.1, 0.15) is 5.69 Å². The zero-order chi connectivity index (χ0) is 15.8. The van der Waals surface area contributed by atoms with Gasteiger partial charge in [-0.2, -0.15) is 0 Å². The third-order valence-corrected chi connectivity index (χ3v) is 3.99. The summed E-state index contributed by atoms with van der Waals surface area (Å²) in [5.74, 6) is 0.0704. The van der Waals surface area contributed by atoms with Crippen molar-refractivity contribution >= 4 is 11.6 Å². The largest absolute Gasteiger partial charge is 0.384 e. The fraction of sp³-hybridized carbons (Fsp3) is 0.647. The molecule has 1 aromatic rings. The Hall–Kier alpha value is -1.62. The second-order valence-corrected chi connectivity index (χ2v) is 6.22. The molecule has 2 rings (SSSR count). The van der Waals surface area contributed by atoms with Gasteiger partial charge in [0.2, 0.25) is 0 Å². The van der Waals surface area contributed by atoms with Gasteiger partial charge in [0, 0.05) is 19.6 Å². The van der Waals surface area contributed by atoms with Crippen molar-refractivity contribution in [1.29, 1.82) is 0 Å². The van der Waals surface area contributed by atoms with Crippen LogP contribution in [0.3, 0.4) is 0 Å². The summed E-state index contributed by atoms with van der Waals surface area (Å²) in [5.41, 5.74) is 1.53. The lowest BCUT2D eigenvalue weighted by Crippen LogP contribution is -2.32. The Morgan fingerprint density at radius 3 is 2.55 bits per heavy atom. The van der Waals surface area contributed by atoms with Crippen LogP contribution in [-0.4, -0.2) is 61.0 Å². The second kappa shape index (κ2) is 8.73. The van der Waals surface area contributed by atoms with Crippen molar-refractivity contribution in [2.75, 3.05) is 45.6 Å². The molecule has 1 aliphatic rings. The summed E-state index contributed by atoms with van der Waals surface area (Å²) in [6.45, 7) is 3.71. The molecule has 0 bridgehead atoms. The molecular weight excluding hydrogens is 276 g/mol. The van der Waals surface area contributed by atoms with E-state index in [1.54, 1.807) is 6.20 Å². The Balaban J connectivity index is 1.83. The quantitative estimate of drug-likeness (QED) is 0.820. The highest BCUT2D eigenvalue weighted by Crippen LogP contribution is 2.13. The first kappa shape index (κ1) is 16.7. The van der Waals surface area contributed by atoms with E-state index in [9.17, 15) is 4.79 Å². The van der Waals surface area contributed by atoms with Gasteiger partial charge in [-0.05, 0) is 52.0 Å². The van der Waals surface area contributed by atoms with Gasteiger partial charge >= 0.3 is 0 Å². The van der Waals surface area contributed by atoms with E-state index < -0.39 is 0 Å². The summed E-state index contributed by atoms with van der Waals surface area (Å²) in [5, 5.41) is 3.34. The van der Waals surface area contributed by atoms with Crippen LogP contribution in [0.2, 0.25) is 0 Å². The number of nitrogens with zero attached hydrogens (tertiary/aromatic N) is 3. The number of hydrogen-bond acceptors (Lipinski definition) is 4. The number of anilines is 1. The molecule has 0 atom stereocenters. The predicted molar refractivity (Wildman–Crippen MR) is 90.3 cm³/mol. The van der Waals surface area contributed by atoms with Crippen LogP contribution in [0.25, 0.3) is 0 Å². The van der Waals surface area contributed by atoms with Crippen molar-refractivity contribution in [2.45, 2.75) is 32.1 Å². The van der Waals surface area contributed by atoms with Crippen molar-refractivity contribution < 1.29 is 4.79 Å². The van der Waals surface area contributed by atoms with Gasteiger partial charge in [-0.1, -0.05) is 12.8 Å². The van der Waals surface area contributed by atoms with Gasteiger partial charge in [0.05, 0.1) is 11.9 Å². The third-order valence-electron chi connectivity index (χ3n) is 3.99. The molecule has 5 nitrogen and oxygen atoms in total. The van der Waals surface area contributed by atoms with Crippen molar-refractivity contribution in [3.63, 3.8) is 0 Å². The molecule has 0 aliphatic carbocycles. The smallest absolute Gasteiger partial charge is 0.272 e. The molecule has 1 aliphatic heterocycles. The van der Waals surface area contributed by atoms with Gasteiger partial charge in [-0.25, -0.2) is 4.98 Å². The van der Waals surface area contributed by atoms with Crippen LogP contribution in [0.15, 0.2) is 18.3 Å². The topological polar surface area (TPSA) is 48.5 Å². The average Bonchev–Trinajstić information content (AvgIpc) is 2.80. The van der Waals surface area contributed by atoms with E-state index in [0.29, 0.717) is 5.69 Å². The minimum absolute atomic E-state index is 0.0704. The van der Waals surface area contributed by atoms with Gasteiger partial charge in [-0.15, -0.1) is 0 Å². The molecule has 5 heteroatoms. The highest BCUT2D eigenvalue weighted by Gasteiger charge is 2.18. The summed E-state index contributed by atoms with van der Waals surface area (Å²) in [7, 11) is 4.15. The lowest BCUT2D eigenvalue weighted by molar-refractivity contribution is 0.0756. The number of hydrogen-bond donors (Lipinski definition) is 1. The monoisotopic (exact) mass is 304 g/mol. The van der Waals surface area contributed by atoms with E-state index in [-0.39, 0.29) is 5.91 Å². The summed E-state index contributed by atoms with van der Waals surface area (Å²) in [6.07, 6.45) is 7.52. The Morgan fingerprint density at radius 1 is 1.23 bits per heavy atom. The normalized spacial score (nSPS) is 15.7. The summed E-state index contributed by atoms with van der Waals surface area (Å²) in [4.78, 5) is 20.9. The van der Waals surface area contributed by atoms with E-state index in [4.69, 9.17) is 0 Å². The lowest BCUT2D eigenvalue weighted by Gasteiger charge is -2.19. The number of nitrogens with one attached hydrogen (secondary N) is 1. The molecule has 1 fully saturated rings. The van der Waals surface area contributed by atoms with Crippen LogP contribution in [0.5, 0.6) is 0 Å². The number of carbonyl (C=O) groups is 1. The Bertz CT molecular complexity index is 450.